The number of benzene rings is 2. The van der Waals surface area contributed by atoms with Crippen molar-refractivity contribution < 1.29 is 19.3 Å². The van der Waals surface area contributed by atoms with Gasteiger partial charge in [0.1, 0.15) is 40.2 Å². The quantitative estimate of drug-likeness (QED) is 0.627. The fourth-order valence-electron chi connectivity index (χ4n) is 3.29. The van der Waals surface area contributed by atoms with Crippen molar-refractivity contribution >= 4 is 28.1 Å². The van der Waals surface area contributed by atoms with Gasteiger partial charge in [0.2, 0.25) is 0 Å². The first kappa shape index (κ1) is 17.7. The number of aliphatic hydroxyl groups excluding tert-OH is 1. The summed E-state index contributed by atoms with van der Waals surface area (Å²) < 4.78 is 16.0. The van der Waals surface area contributed by atoms with Crippen LogP contribution in [0.3, 0.4) is 0 Å². The van der Waals surface area contributed by atoms with Crippen LogP contribution in [0.2, 0.25) is 0 Å². The Bertz CT molecular complexity index is 1080. The average Bonchev–Trinajstić information content (AvgIpc) is 3.27. The number of anilines is 1. The zero-order valence-corrected chi connectivity index (χ0v) is 15.7. The Balaban J connectivity index is 1.73. The molecular formula is C20H20N4O4. The lowest BCUT2D eigenvalue weighted by Crippen LogP contribution is -2.26. The van der Waals surface area contributed by atoms with Gasteiger partial charge in [0.25, 0.3) is 0 Å². The summed E-state index contributed by atoms with van der Waals surface area (Å²) in [5, 5.41) is 19.2. The van der Waals surface area contributed by atoms with Gasteiger partial charge in [0, 0.05) is 18.2 Å². The number of amidine groups is 1. The summed E-state index contributed by atoms with van der Waals surface area (Å²) in [6.45, 7) is 0.151. The fraction of sp³-hybridized carbons (Fsp3) is 0.200. The Morgan fingerprint density at radius 2 is 1.79 bits per heavy atom. The molecule has 0 amide bonds. The minimum Gasteiger partial charge on any atom is -0.509 e. The molecule has 1 aliphatic rings. The highest BCUT2D eigenvalue weighted by molar-refractivity contribution is 6.30. The highest BCUT2D eigenvalue weighted by Crippen LogP contribution is 2.35. The predicted octanol–water partition coefficient (Wildman–Crippen LogP) is 3.36. The van der Waals surface area contributed by atoms with E-state index in [0.29, 0.717) is 39.9 Å². The van der Waals surface area contributed by atoms with Crippen molar-refractivity contribution in [2.45, 2.75) is 0 Å². The monoisotopic (exact) mass is 380 g/mol. The first-order valence-corrected chi connectivity index (χ1v) is 8.60. The maximum absolute atomic E-state index is 10.6. The number of aromatic amines is 1. The normalized spacial score (nSPS) is 14.1. The van der Waals surface area contributed by atoms with Crippen LogP contribution in [0, 0.1) is 5.41 Å². The lowest BCUT2D eigenvalue weighted by Gasteiger charge is -2.20. The van der Waals surface area contributed by atoms with E-state index in [-0.39, 0.29) is 18.1 Å². The molecule has 0 atom stereocenters. The van der Waals surface area contributed by atoms with Crippen LogP contribution in [0.4, 0.5) is 5.69 Å². The Morgan fingerprint density at radius 3 is 2.43 bits per heavy atom. The molecule has 8 nitrogen and oxygen atoms in total. The Kier molecular flexibility index (Phi) is 4.31. The molecule has 144 valence electrons. The van der Waals surface area contributed by atoms with Gasteiger partial charge in [0.05, 0.1) is 44.7 Å². The number of rotatable bonds is 5. The standard InChI is InChI=1S/C20H20N4O4/c1-26-12-7-11(8-13(9-12)27-2)24-10-15(25)17(19(24)21)20-22-14-5-4-6-16(28-3)18(14)23-20/h4-9,21,25H,10H2,1-3H3,(H,22,23). The smallest absolute Gasteiger partial charge is 0.146 e. The van der Waals surface area contributed by atoms with Crippen molar-refractivity contribution in [2.75, 3.05) is 32.8 Å². The fourth-order valence-corrected chi connectivity index (χ4v) is 3.29. The van der Waals surface area contributed by atoms with Crippen molar-refractivity contribution in [2.24, 2.45) is 0 Å². The largest absolute Gasteiger partial charge is 0.509 e. The van der Waals surface area contributed by atoms with Gasteiger partial charge < -0.3 is 29.2 Å². The van der Waals surface area contributed by atoms with Crippen LogP contribution in [-0.4, -0.2) is 48.8 Å². The van der Waals surface area contributed by atoms with Crippen LogP contribution in [-0.2, 0) is 0 Å². The molecule has 0 unspecified atom stereocenters. The zero-order valence-electron chi connectivity index (χ0n) is 15.7. The maximum atomic E-state index is 10.6. The number of imidazole rings is 1. The molecule has 0 saturated heterocycles. The molecule has 0 radical (unpaired) electrons. The van der Waals surface area contributed by atoms with E-state index in [1.54, 1.807) is 44.4 Å². The van der Waals surface area contributed by atoms with Gasteiger partial charge in [-0.1, -0.05) is 6.07 Å². The van der Waals surface area contributed by atoms with Gasteiger partial charge in [-0.15, -0.1) is 0 Å². The van der Waals surface area contributed by atoms with Crippen LogP contribution in [0.25, 0.3) is 16.6 Å². The molecule has 4 rings (SSSR count). The van der Waals surface area contributed by atoms with E-state index >= 15 is 0 Å². The molecule has 2 aromatic carbocycles. The van der Waals surface area contributed by atoms with Crippen molar-refractivity contribution in [3.8, 4) is 17.2 Å². The number of methoxy groups -OCH3 is 3. The topological polar surface area (TPSA) is 104 Å². The van der Waals surface area contributed by atoms with Gasteiger partial charge in [-0.05, 0) is 12.1 Å². The Hall–Kier alpha value is -3.68. The summed E-state index contributed by atoms with van der Waals surface area (Å²) in [6, 6.07) is 10.9. The Morgan fingerprint density at radius 1 is 1.07 bits per heavy atom. The van der Waals surface area contributed by atoms with Gasteiger partial charge in [-0.25, -0.2) is 4.98 Å². The summed E-state index contributed by atoms with van der Waals surface area (Å²) in [5.41, 5.74) is 2.44. The number of aliphatic hydroxyl groups is 1. The van der Waals surface area contributed by atoms with Crippen molar-refractivity contribution in [1.29, 1.82) is 5.41 Å². The number of hydrogen-bond acceptors (Lipinski definition) is 6. The van der Waals surface area contributed by atoms with Crippen LogP contribution in [0.15, 0.2) is 42.2 Å². The highest BCUT2D eigenvalue weighted by Gasteiger charge is 2.32. The molecule has 2 heterocycles. The molecule has 3 N–H and O–H groups in total. The molecule has 1 aromatic heterocycles. The van der Waals surface area contributed by atoms with E-state index < -0.39 is 0 Å². The van der Waals surface area contributed by atoms with E-state index in [2.05, 4.69) is 9.97 Å². The Labute approximate surface area is 161 Å². The summed E-state index contributed by atoms with van der Waals surface area (Å²) >= 11 is 0. The molecule has 28 heavy (non-hydrogen) atoms. The molecule has 0 aliphatic carbocycles. The highest BCUT2D eigenvalue weighted by atomic mass is 16.5. The van der Waals surface area contributed by atoms with Crippen molar-refractivity contribution in [1.82, 2.24) is 9.97 Å². The molecule has 0 bridgehead atoms. The SMILES string of the molecule is COc1cc(OC)cc(N2CC(O)=C(c3nc4c(OC)cccc4[nH]3)C2=N)c1. The van der Waals surface area contributed by atoms with Crippen LogP contribution in [0.1, 0.15) is 5.82 Å². The molecule has 0 fully saturated rings. The summed E-state index contributed by atoms with van der Waals surface area (Å²) in [6.07, 6.45) is 0. The van der Waals surface area contributed by atoms with Crippen molar-refractivity contribution in [3.63, 3.8) is 0 Å². The zero-order chi connectivity index (χ0) is 19.8. The number of H-pyrrole nitrogens is 1. The number of nitrogens with one attached hydrogen (secondary N) is 2. The maximum Gasteiger partial charge on any atom is 0.146 e. The number of fused-ring (bicyclic) bond motifs is 1. The molecular weight excluding hydrogens is 360 g/mol. The first-order chi connectivity index (χ1) is 13.5. The van der Waals surface area contributed by atoms with Gasteiger partial charge in [-0.3, -0.25) is 5.41 Å². The van der Waals surface area contributed by atoms with E-state index in [1.807, 2.05) is 18.2 Å². The van der Waals surface area contributed by atoms with Gasteiger partial charge >= 0.3 is 0 Å². The molecule has 0 spiro atoms. The predicted molar refractivity (Wildman–Crippen MR) is 107 cm³/mol. The summed E-state index contributed by atoms with van der Waals surface area (Å²) in [7, 11) is 4.71. The second-order valence-corrected chi connectivity index (χ2v) is 6.27. The minimum absolute atomic E-state index is 0.0600. The third kappa shape index (κ3) is 2.79. The van der Waals surface area contributed by atoms with E-state index in [0.717, 1.165) is 5.52 Å². The van der Waals surface area contributed by atoms with Crippen LogP contribution >= 0.6 is 0 Å². The number of ether oxygens (including phenoxy) is 3. The third-order valence-corrected chi connectivity index (χ3v) is 4.68. The number of aromatic nitrogens is 2. The second-order valence-electron chi connectivity index (χ2n) is 6.27. The van der Waals surface area contributed by atoms with Crippen LogP contribution in [0.5, 0.6) is 17.2 Å². The lowest BCUT2D eigenvalue weighted by atomic mass is 10.2. The number of nitrogens with zero attached hydrogens (tertiary/aromatic N) is 2. The van der Waals surface area contributed by atoms with Gasteiger partial charge in [0.15, 0.2) is 0 Å². The number of para-hydroxylation sites is 1. The average molecular weight is 380 g/mol. The minimum atomic E-state index is 0.0600. The summed E-state index contributed by atoms with van der Waals surface area (Å²) in [5.74, 6) is 2.43. The second kappa shape index (κ2) is 6.80. The van der Waals surface area contributed by atoms with Gasteiger partial charge in [-0.2, -0.15) is 0 Å². The lowest BCUT2D eigenvalue weighted by molar-refractivity contribution is 0.394. The van der Waals surface area contributed by atoms with E-state index in [9.17, 15) is 5.11 Å². The molecule has 3 aromatic rings. The third-order valence-electron chi connectivity index (χ3n) is 4.68. The molecule has 8 heteroatoms. The van der Waals surface area contributed by atoms with Crippen LogP contribution < -0.4 is 19.1 Å². The van der Waals surface area contributed by atoms with E-state index in [4.69, 9.17) is 19.6 Å². The molecule has 0 saturated carbocycles. The van der Waals surface area contributed by atoms with Crippen molar-refractivity contribution in [3.05, 3.63) is 48.0 Å². The number of hydrogen-bond donors (Lipinski definition) is 3. The molecule has 1 aliphatic heterocycles. The first-order valence-electron chi connectivity index (χ1n) is 8.60. The van der Waals surface area contributed by atoms with E-state index in [1.165, 1.54) is 0 Å². The summed E-state index contributed by atoms with van der Waals surface area (Å²) in [4.78, 5) is 9.38.